The van der Waals surface area contributed by atoms with Gasteiger partial charge in [0.25, 0.3) is 11.5 Å². The molecule has 2 N–H and O–H groups in total. The first-order valence-corrected chi connectivity index (χ1v) is 9.88. The molecular formula is C21H26N4O4. The number of carbonyl (C=O) groups excluding carboxylic acids is 2. The van der Waals surface area contributed by atoms with Gasteiger partial charge in [0.2, 0.25) is 5.91 Å². The van der Waals surface area contributed by atoms with Crippen LogP contribution in [0.25, 0.3) is 0 Å². The van der Waals surface area contributed by atoms with E-state index in [1.807, 2.05) is 13.0 Å². The van der Waals surface area contributed by atoms with Crippen molar-refractivity contribution in [3.63, 3.8) is 0 Å². The highest BCUT2D eigenvalue weighted by molar-refractivity contribution is 5.94. The summed E-state index contributed by atoms with van der Waals surface area (Å²) in [5.41, 5.74) is -0.0561. The van der Waals surface area contributed by atoms with Gasteiger partial charge in [0.1, 0.15) is 23.7 Å². The number of aromatic nitrogens is 2. The van der Waals surface area contributed by atoms with Crippen LogP contribution in [0.2, 0.25) is 0 Å². The van der Waals surface area contributed by atoms with E-state index in [1.165, 1.54) is 10.8 Å². The number of hydrogen-bond acceptors (Lipinski definition) is 5. The van der Waals surface area contributed by atoms with Gasteiger partial charge in [-0.25, -0.2) is 4.98 Å². The summed E-state index contributed by atoms with van der Waals surface area (Å²) in [5, 5.41) is 5.64. The molecule has 1 aliphatic rings. The van der Waals surface area contributed by atoms with Crippen LogP contribution < -0.4 is 20.9 Å². The standard InChI is InChI=1S/C21H26N4O4/c1-3-29-18-11-7-6-10-17(18)24-19(26)13-25-14(2)22-12-16(21(25)28)20(27)23-15-8-4-5-9-15/h6-7,10-12,15H,3-5,8-9,13H2,1-2H3,(H,23,27)(H,24,26). The number of amides is 2. The number of nitrogens with one attached hydrogen (secondary N) is 2. The molecule has 0 saturated heterocycles. The first-order chi connectivity index (χ1) is 14.0. The van der Waals surface area contributed by atoms with Gasteiger partial charge in [0.15, 0.2) is 0 Å². The lowest BCUT2D eigenvalue weighted by molar-refractivity contribution is -0.116. The molecule has 0 unspecified atom stereocenters. The molecule has 8 heteroatoms. The van der Waals surface area contributed by atoms with E-state index in [4.69, 9.17) is 4.74 Å². The van der Waals surface area contributed by atoms with E-state index in [-0.39, 0.29) is 18.2 Å². The van der Waals surface area contributed by atoms with E-state index in [1.54, 1.807) is 25.1 Å². The third-order valence-electron chi connectivity index (χ3n) is 4.94. The van der Waals surface area contributed by atoms with E-state index in [0.717, 1.165) is 25.7 Å². The number of rotatable bonds is 7. The highest BCUT2D eigenvalue weighted by Crippen LogP contribution is 2.23. The van der Waals surface area contributed by atoms with Gasteiger partial charge in [-0.2, -0.15) is 0 Å². The molecule has 2 amide bonds. The Hall–Kier alpha value is -3.16. The van der Waals surface area contributed by atoms with Crippen LogP contribution in [0.5, 0.6) is 5.75 Å². The summed E-state index contributed by atoms with van der Waals surface area (Å²) in [6, 6.07) is 7.17. The number of nitrogens with zero attached hydrogens (tertiary/aromatic N) is 2. The molecule has 1 aromatic carbocycles. The van der Waals surface area contributed by atoms with Crippen molar-refractivity contribution in [1.82, 2.24) is 14.9 Å². The van der Waals surface area contributed by atoms with Crippen molar-refractivity contribution < 1.29 is 14.3 Å². The van der Waals surface area contributed by atoms with E-state index in [0.29, 0.717) is 23.9 Å². The Morgan fingerprint density at radius 1 is 1.24 bits per heavy atom. The van der Waals surface area contributed by atoms with Crippen molar-refractivity contribution in [3.8, 4) is 5.75 Å². The van der Waals surface area contributed by atoms with E-state index in [9.17, 15) is 14.4 Å². The average molecular weight is 398 g/mol. The molecule has 0 atom stereocenters. The molecule has 1 saturated carbocycles. The minimum absolute atomic E-state index is 0.0509. The first kappa shape index (κ1) is 20.6. The summed E-state index contributed by atoms with van der Waals surface area (Å²) in [5.74, 6) is 0.0682. The first-order valence-electron chi connectivity index (χ1n) is 9.88. The highest BCUT2D eigenvalue weighted by atomic mass is 16.5. The normalized spacial score (nSPS) is 13.9. The van der Waals surface area contributed by atoms with Crippen LogP contribution in [0, 0.1) is 6.92 Å². The molecular weight excluding hydrogens is 372 g/mol. The van der Waals surface area contributed by atoms with Gasteiger partial charge in [0, 0.05) is 12.2 Å². The Morgan fingerprint density at radius 3 is 2.69 bits per heavy atom. The van der Waals surface area contributed by atoms with Crippen molar-refractivity contribution in [1.29, 1.82) is 0 Å². The smallest absolute Gasteiger partial charge is 0.266 e. The summed E-state index contributed by atoms with van der Waals surface area (Å²) in [6.07, 6.45) is 5.26. The summed E-state index contributed by atoms with van der Waals surface area (Å²) in [4.78, 5) is 42.0. The molecule has 0 radical (unpaired) electrons. The molecule has 154 valence electrons. The second kappa shape index (κ2) is 9.36. The van der Waals surface area contributed by atoms with E-state index < -0.39 is 17.4 Å². The van der Waals surface area contributed by atoms with Gasteiger partial charge >= 0.3 is 0 Å². The molecule has 0 spiro atoms. The maximum atomic E-state index is 12.8. The number of carbonyl (C=O) groups is 2. The Bertz CT molecular complexity index is 948. The monoisotopic (exact) mass is 398 g/mol. The predicted octanol–water partition coefficient (Wildman–Crippen LogP) is 2.26. The lowest BCUT2D eigenvalue weighted by Gasteiger charge is -2.15. The molecule has 1 aromatic heterocycles. The third-order valence-corrected chi connectivity index (χ3v) is 4.94. The van der Waals surface area contributed by atoms with Crippen LogP contribution >= 0.6 is 0 Å². The molecule has 0 aliphatic heterocycles. The van der Waals surface area contributed by atoms with Gasteiger partial charge in [-0.3, -0.25) is 19.0 Å². The molecule has 0 bridgehead atoms. The minimum Gasteiger partial charge on any atom is -0.492 e. The minimum atomic E-state index is -0.527. The van der Waals surface area contributed by atoms with Crippen molar-refractivity contribution in [2.45, 2.75) is 52.1 Å². The molecule has 8 nitrogen and oxygen atoms in total. The van der Waals surface area contributed by atoms with Crippen LogP contribution in [0.4, 0.5) is 5.69 Å². The number of hydrogen-bond donors (Lipinski definition) is 2. The second-order valence-corrected chi connectivity index (χ2v) is 7.04. The zero-order chi connectivity index (χ0) is 20.8. The summed E-state index contributed by atoms with van der Waals surface area (Å²) in [7, 11) is 0. The molecule has 2 aromatic rings. The van der Waals surface area contributed by atoms with Gasteiger partial charge in [-0.05, 0) is 38.8 Å². The fourth-order valence-corrected chi connectivity index (χ4v) is 3.44. The highest BCUT2D eigenvalue weighted by Gasteiger charge is 2.22. The molecule has 29 heavy (non-hydrogen) atoms. The van der Waals surface area contributed by atoms with Crippen LogP contribution in [0.3, 0.4) is 0 Å². The van der Waals surface area contributed by atoms with Crippen LogP contribution in [0.1, 0.15) is 48.8 Å². The van der Waals surface area contributed by atoms with Crippen molar-refractivity contribution in [2.24, 2.45) is 0 Å². The fourth-order valence-electron chi connectivity index (χ4n) is 3.44. The van der Waals surface area contributed by atoms with Gasteiger partial charge in [0.05, 0.1) is 12.3 Å². The Labute approximate surface area is 169 Å². The van der Waals surface area contributed by atoms with E-state index in [2.05, 4.69) is 15.6 Å². The van der Waals surface area contributed by atoms with Crippen LogP contribution in [-0.2, 0) is 11.3 Å². The average Bonchev–Trinajstić information content (AvgIpc) is 3.20. The number of anilines is 1. The fraction of sp³-hybridized carbons (Fsp3) is 0.429. The Balaban J connectivity index is 1.75. The lowest BCUT2D eigenvalue weighted by Crippen LogP contribution is -2.39. The summed E-state index contributed by atoms with van der Waals surface area (Å²) in [6.45, 7) is 3.70. The van der Waals surface area contributed by atoms with E-state index >= 15 is 0 Å². The summed E-state index contributed by atoms with van der Waals surface area (Å²) < 4.78 is 6.71. The van der Waals surface area contributed by atoms with Crippen molar-refractivity contribution in [2.75, 3.05) is 11.9 Å². The van der Waals surface area contributed by atoms with Crippen molar-refractivity contribution in [3.05, 3.63) is 52.2 Å². The number of ether oxygens (including phenoxy) is 1. The zero-order valence-electron chi connectivity index (χ0n) is 16.7. The zero-order valence-corrected chi connectivity index (χ0v) is 16.7. The SMILES string of the molecule is CCOc1ccccc1NC(=O)Cn1c(C)ncc(C(=O)NC2CCCC2)c1=O. The Kier molecular flexibility index (Phi) is 6.64. The maximum absolute atomic E-state index is 12.8. The van der Waals surface area contributed by atoms with Crippen LogP contribution in [0.15, 0.2) is 35.3 Å². The third kappa shape index (κ3) is 5.01. The van der Waals surface area contributed by atoms with Gasteiger partial charge in [-0.15, -0.1) is 0 Å². The quantitative estimate of drug-likeness (QED) is 0.745. The number of benzene rings is 1. The van der Waals surface area contributed by atoms with Crippen LogP contribution in [-0.4, -0.2) is 34.0 Å². The number of aryl methyl sites for hydroxylation is 1. The topological polar surface area (TPSA) is 102 Å². The molecule has 1 heterocycles. The summed E-state index contributed by atoms with van der Waals surface area (Å²) >= 11 is 0. The lowest BCUT2D eigenvalue weighted by atomic mass is 10.2. The second-order valence-electron chi connectivity index (χ2n) is 7.04. The predicted molar refractivity (Wildman–Crippen MR) is 109 cm³/mol. The van der Waals surface area contributed by atoms with Gasteiger partial charge in [-0.1, -0.05) is 25.0 Å². The van der Waals surface area contributed by atoms with Crippen molar-refractivity contribution >= 4 is 17.5 Å². The molecule has 1 aliphatic carbocycles. The molecule has 3 rings (SSSR count). The van der Waals surface area contributed by atoms with Gasteiger partial charge < -0.3 is 15.4 Å². The maximum Gasteiger partial charge on any atom is 0.266 e. The molecule has 1 fully saturated rings. The largest absolute Gasteiger partial charge is 0.492 e. The number of para-hydroxylation sites is 2. The Morgan fingerprint density at radius 2 is 1.97 bits per heavy atom.